The Morgan fingerprint density at radius 1 is 1.17 bits per heavy atom. The summed E-state index contributed by atoms with van der Waals surface area (Å²) in [7, 11) is 0. The lowest BCUT2D eigenvalue weighted by atomic mass is 10.1. The molecule has 1 aromatic carbocycles. The van der Waals surface area contributed by atoms with E-state index in [9.17, 15) is 0 Å². The highest BCUT2D eigenvalue weighted by Gasteiger charge is 2.12. The van der Waals surface area contributed by atoms with Gasteiger partial charge in [0.05, 0.1) is 23.3 Å². The highest BCUT2D eigenvalue weighted by molar-refractivity contribution is 5.94. The average molecular weight is 314 g/mol. The maximum absolute atomic E-state index is 5.65. The van der Waals surface area contributed by atoms with Gasteiger partial charge in [-0.2, -0.15) is 4.99 Å². The molecule has 0 aliphatic carbocycles. The van der Waals surface area contributed by atoms with Gasteiger partial charge in [-0.05, 0) is 44.1 Å². The number of nitrogens with zero attached hydrogens (tertiary/aromatic N) is 4. The number of benzene rings is 1. The average Bonchev–Trinajstić information content (AvgIpc) is 2.88. The van der Waals surface area contributed by atoms with Crippen LogP contribution in [0.15, 0.2) is 28.2 Å². The molecular formula is C15H22N8. The van der Waals surface area contributed by atoms with Gasteiger partial charge in [-0.1, -0.05) is 6.42 Å². The van der Waals surface area contributed by atoms with Crippen molar-refractivity contribution in [1.82, 2.24) is 14.9 Å². The second kappa shape index (κ2) is 6.66. The van der Waals surface area contributed by atoms with E-state index in [1.165, 1.54) is 19.3 Å². The zero-order chi connectivity index (χ0) is 16.2. The van der Waals surface area contributed by atoms with Gasteiger partial charge < -0.3 is 22.2 Å². The second-order valence-corrected chi connectivity index (χ2v) is 5.73. The number of imidazole rings is 1. The molecule has 2 heterocycles. The molecular weight excluding hydrogens is 292 g/mol. The number of hydrogen-bond donors (Lipinski definition) is 4. The van der Waals surface area contributed by atoms with Crippen LogP contribution in [0.5, 0.6) is 0 Å². The maximum atomic E-state index is 5.65. The number of H-pyrrole nitrogens is 1. The van der Waals surface area contributed by atoms with Crippen LogP contribution < -0.4 is 17.2 Å². The minimum atomic E-state index is -0.113. The molecule has 0 radical (unpaired) electrons. The molecule has 8 nitrogen and oxygen atoms in total. The summed E-state index contributed by atoms with van der Waals surface area (Å²) >= 11 is 0. The molecule has 7 N–H and O–H groups in total. The number of nitrogens with one attached hydrogen (secondary N) is 1. The standard InChI is InChI=1S/C15H22N8/c16-14(17)22-15(18)19-10-4-5-11-12(8-10)21-13(20-11)9-23-6-2-1-3-7-23/h4-5,8H,1-3,6-7,9H2,(H,20,21)(H6,16,17,18,19,22). The smallest absolute Gasteiger partial charge is 0.223 e. The van der Waals surface area contributed by atoms with Crippen molar-refractivity contribution in [3.63, 3.8) is 0 Å². The number of fused-ring (bicyclic) bond motifs is 1. The monoisotopic (exact) mass is 314 g/mol. The number of nitrogens with two attached hydrogens (primary N) is 3. The van der Waals surface area contributed by atoms with E-state index in [0.717, 1.165) is 36.5 Å². The fourth-order valence-corrected chi connectivity index (χ4v) is 2.81. The van der Waals surface area contributed by atoms with Crippen LogP contribution in [0.4, 0.5) is 5.69 Å². The third-order valence-electron chi connectivity index (χ3n) is 3.82. The number of rotatable bonds is 3. The van der Waals surface area contributed by atoms with Crippen molar-refractivity contribution in [1.29, 1.82) is 0 Å². The zero-order valence-electron chi connectivity index (χ0n) is 13.0. The lowest BCUT2D eigenvalue weighted by molar-refractivity contribution is 0.216. The van der Waals surface area contributed by atoms with Gasteiger partial charge in [-0.3, -0.25) is 4.90 Å². The summed E-state index contributed by atoms with van der Waals surface area (Å²) in [5, 5.41) is 0. The molecule has 0 saturated carbocycles. The number of aliphatic imine (C=N–C) groups is 2. The Kier molecular flexibility index (Phi) is 4.42. The number of likely N-dealkylation sites (tertiary alicyclic amines) is 1. The molecule has 23 heavy (non-hydrogen) atoms. The first-order valence-electron chi connectivity index (χ1n) is 7.75. The van der Waals surface area contributed by atoms with Crippen molar-refractivity contribution >= 4 is 28.6 Å². The first kappa shape index (κ1) is 15.3. The minimum Gasteiger partial charge on any atom is -0.370 e. The summed E-state index contributed by atoms with van der Waals surface area (Å²) in [6.07, 6.45) is 3.86. The largest absolute Gasteiger partial charge is 0.370 e. The Morgan fingerprint density at radius 2 is 1.96 bits per heavy atom. The quantitative estimate of drug-likeness (QED) is 0.490. The van der Waals surface area contributed by atoms with Gasteiger partial charge in [-0.25, -0.2) is 9.98 Å². The molecule has 122 valence electrons. The normalized spacial score (nSPS) is 16.6. The predicted molar refractivity (Wildman–Crippen MR) is 92.3 cm³/mol. The molecule has 0 amide bonds. The number of guanidine groups is 2. The summed E-state index contributed by atoms with van der Waals surface area (Å²) < 4.78 is 0. The van der Waals surface area contributed by atoms with E-state index >= 15 is 0 Å². The first-order chi connectivity index (χ1) is 11.1. The van der Waals surface area contributed by atoms with E-state index in [1.54, 1.807) is 0 Å². The Bertz CT molecular complexity index is 735. The molecule has 1 fully saturated rings. The minimum absolute atomic E-state index is 0.0254. The molecule has 3 rings (SSSR count). The molecule has 0 spiro atoms. The van der Waals surface area contributed by atoms with Gasteiger partial charge in [0.1, 0.15) is 5.82 Å². The Hall–Kier alpha value is -2.61. The third kappa shape index (κ3) is 3.98. The van der Waals surface area contributed by atoms with Gasteiger partial charge in [0, 0.05) is 0 Å². The van der Waals surface area contributed by atoms with Crippen LogP contribution in [0, 0.1) is 0 Å². The van der Waals surface area contributed by atoms with Crippen LogP contribution in [0.3, 0.4) is 0 Å². The number of hydrogen-bond acceptors (Lipinski definition) is 3. The Labute approximate surface area is 134 Å². The van der Waals surface area contributed by atoms with E-state index in [-0.39, 0.29) is 11.9 Å². The number of aromatic nitrogens is 2. The van der Waals surface area contributed by atoms with Gasteiger partial charge in [-0.15, -0.1) is 0 Å². The highest BCUT2D eigenvalue weighted by Crippen LogP contribution is 2.21. The maximum Gasteiger partial charge on any atom is 0.223 e. The van der Waals surface area contributed by atoms with Crippen molar-refractivity contribution in [2.75, 3.05) is 13.1 Å². The van der Waals surface area contributed by atoms with E-state index in [2.05, 4.69) is 24.9 Å². The highest BCUT2D eigenvalue weighted by atomic mass is 15.2. The van der Waals surface area contributed by atoms with Gasteiger partial charge in [0.25, 0.3) is 0 Å². The molecule has 0 atom stereocenters. The lowest BCUT2D eigenvalue weighted by Crippen LogP contribution is -2.29. The lowest BCUT2D eigenvalue weighted by Gasteiger charge is -2.25. The van der Waals surface area contributed by atoms with E-state index in [0.29, 0.717) is 5.69 Å². The molecule has 1 saturated heterocycles. The zero-order valence-corrected chi connectivity index (χ0v) is 13.0. The summed E-state index contributed by atoms with van der Waals surface area (Å²) in [5.74, 6) is 0.885. The predicted octanol–water partition coefficient (Wildman–Crippen LogP) is 0.768. The molecule has 0 unspecified atom stereocenters. The molecule has 1 aliphatic heterocycles. The molecule has 1 aromatic heterocycles. The van der Waals surface area contributed by atoms with E-state index in [1.807, 2.05) is 18.2 Å². The molecule has 8 heteroatoms. The summed E-state index contributed by atoms with van der Waals surface area (Å²) in [6.45, 7) is 3.13. The Morgan fingerprint density at radius 3 is 2.70 bits per heavy atom. The van der Waals surface area contributed by atoms with Crippen LogP contribution in [-0.2, 0) is 6.54 Å². The summed E-state index contributed by atoms with van der Waals surface area (Å²) in [5.41, 5.74) is 18.7. The summed E-state index contributed by atoms with van der Waals surface area (Å²) in [6, 6.07) is 5.63. The SMILES string of the molecule is NC(N)=NC(N)=Nc1ccc2nc(CN3CCCCC3)[nH]c2c1. The van der Waals surface area contributed by atoms with E-state index in [4.69, 9.17) is 17.2 Å². The number of aromatic amines is 1. The van der Waals surface area contributed by atoms with Gasteiger partial charge in [0.2, 0.25) is 5.96 Å². The molecule has 0 bridgehead atoms. The molecule has 2 aromatic rings. The van der Waals surface area contributed by atoms with E-state index < -0.39 is 0 Å². The second-order valence-electron chi connectivity index (χ2n) is 5.73. The fraction of sp³-hybridized carbons (Fsp3) is 0.400. The van der Waals surface area contributed by atoms with Crippen LogP contribution >= 0.6 is 0 Å². The first-order valence-corrected chi connectivity index (χ1v) is 7.75. The fourth-order valence-electron chi connectivity index (χ4n) is 2.81. The van der Waals surface area contributed by atoms with Gasteiger partial charge in [0.15, 0.2) is 5.96 Å². The van der Waals surface area contributed by atoms with Crippen molar-refractivity contribution < 1.29 is 0 Å². The van der Waals surface area contributed by atoms with Crippen molar-refractivity contribution in [2.45, 2.75) is 25.8 Å². The van der Waals surface area contributed by atoms with Gasteiger partial charge >= 0.3 is 0 Å². The van der Waals surface area contributed by atoms with Crippen molar-refractivity contribution in [3.05, 3.63) is 24.0 Å². The van der Waals surface area contributed by atoms with Crippen LogP contribution in [0.1, 0.15) is 25.1 Å². The summed E-state index contributed by atoms with van der Waals surface area (Å²) in [4.78, 5) is 18.3. The Balaban J connectivity index is 1.79. The topological polar surface area (TPSA) is 135 Å². The van der Waals surface area contributed by atoms with Crippen LogP contribution in [-0.4, -0.2) is 39.9 Å². The molecule has 1 aliphatic rings. The number of piperidine rings is 1. The van der Waals surface area contributed by atoms with Crippen LogP contribution in [0.25, 0.3) is 11.0 Å². The van der Waals surface area contributed by atoms with Crippen molar-refractivity contribution in [2.24, 2.45) is 27.2 Å². The van der Waals surface area contributed by atoms with Crippen LogP contribution in [0.2, 0.25) is 0 Å². The third-order valence-corrected chi connectivity index (χ3v) is 3.82. The van der Waals surface area contributed by atoms with Crippen molar-refractivity contribution in [3.8, 4) is 0 Å².